The van der Waals surface area contributed by atoms with Crippen molar-refractivity contribution in [1.82, 2.24) is 10.2 Å². The molecule has 6 heteroatoms. The molecule has 1 aromatic rings. The van der Waals surface area contributed by atoms with Crippen LogP contribution in [0.15, 0.2) is 28.7 Å². The maximum Gasteiger partial charge on any atom is 0.241 e. The number of nitrogens with one attached hydrogen (secondary N) is 2. The Balaban J connectivity index is 0.00000220. The van der Waals surface area contributed by atoms with Gasteiger partial charge in [-0.1, -0.05) is 15.9 Å². The Bertz CT molecular complexity index is 455. The molecule has 1 fully saturated rings. The van der Waals surface area contributed by atoms with Crippen LogP contribution in [0.25, 0.3) is 0 Å². The van der Waals surface area contributed by atoms with Crippen molar-refractivity contribution in [3.63, 3.8) is 0 Å². The second kappa shape index (κ2) is 8.73. The molecule has 1 saturated heterocycles. The molecule has 0 radical (unpaired) electrons. The largest absolute Gasteiger partial charge is 0.325 e. The molecule has 2 unspecified atom stereocenters. The van der Waals surface area contributed by atoms with Crippen molar-refractivity contribution in [3.05, 3.63) is 28.7 Å². The minimum atomic E-state index is -0.102. The van der Waals surface area contributed by atoms with Crippen LogP contribution in [-0.2, 0) is 4.79 Å². The van der Waals surface area contributed by atoms with Crippen LogP contribution < -0.4 is 10.6 Å². The molecule has 1 heterocycles. The topological polar surface area (TPSA) is 44.4 Å². The molecule has 1 aliphatic rings. The highest BCUT2D eigenvalue weighted by Gasteiger charge is 2.26. The molecule has 1 aromatic carbocycles. The summed E-state index contributed by atoms with van der Waals surface area (Å²) in [6.45, 7) is 3.91. The first-order valence-electron chi connectivity index (χ1n) is 7.08. The quantitative estimate of drug-likeness (QED) is 0.849. The van der Waals surface area contributed by atoms with E-state index in [1.165, 1.54) is 6.42 Å². The molecule has 0 saturated carbocycles. The number of amides is 1. The van der Waals surface area contributed by atoms with Gasteiger partial charge in [-0.3, -0.25) is 9.69 Å². The van der Waals surface area contributed by atoms with Gasteiger partial charge in [-0.05, 0) is 57.6 Å². The molecule has 118 valence electrons. The highest BCUT2D eigenvalue weighted by atomic mass is 79.9. The van der Waals surface area contributed by atoms with Gasteiger partial charge in [0.05, 0.1) is 6.04 Å². The summed E-state index contributed by atoms with van der Waals surface area (Å²) in [6, 6.07) is 8.06. The van der Waals surface area contributed by atoms with Gasteiger partial charge in [-0.15, -0.1) is 12.4 Å². The average molecular weight is 377 g/mol. The SMILES string of the molecule is CNC1CCCN(C(C)C(=O)Nc2ccc(Br)cc2)C1.Cl. The summed E-state index contributed by atoms with van der Waals surface area (Å²) in [6.07, 6.45) is 2.33. The van der Waals surface area contributed by atoms with Crippen molar-refractivity contribution >= 4 is 39.9 Å². The third-order valence-corrected chi connectivity index (χ3v) is 4.43. The number of halogens is 2. The zero-order valence-corrected chi connectivity index (χ0v) is 14.8. The van der Waals surface area contributed by atoms with Gasteiger partial charge in [0.1, 0.15) is 0 Å². The van der Waals surface area contributed by atoms with Crippen molar-refractivity contribution in [2.24, 2.45) is 0 Å². The molecular formula is C15H23BrClN3O. The van der Waals surface area contributed by atoms with Crippen LogP contribution in [0.5, 0.6) is 0 Å². The maximum absolute atomic E-state index is 12.3. The Morgan fingerprint density at radius 3 is 2.67 bits per heavy atom. The van der Waals surface area contributed by atoms with Gasteiger partial charge < -0.3 is 10.6 Å². The first-order chi connectivity index (χ1) is 9.60. The summed E-state index contributed by atoms with van der Waals surface area (Å²) in [5.74, 6) is 0.0593. The van der Waals surface area contributed by atoms with E-state index in [0.717, 1.165) is 29.7 Å². The van der Waals surface area contributed by atoms with Crippen LogP contribution in [0.2, 0.25) is 0 Å². The molecule has 0 aliphatic carbocycles. The summed E-state index contributed by atoms with van der Waals surface area (Å²) < 4.78 is 1.01. The number of carbonyl (C=O) groups excluding carboxylic acids is 1. The van der Waals surface area contributed by atoms with Crippen molar-refractivity contribution < 1.29 is 4.79 Å². The number of hydrogen-bond donors (Lipinski definition) is 2. The molecule has 1 amide bonds. The third kappa shape index (κ3) is 5.25. The lowest BCUT2D eigenvalue weighted by Gasteiger charge is -2.35. The van der Waals surface area contributed by atoms with Crippen LogP contribution in [-0.4, -0.2) is 43.0 Å². The molecule has 2 atom stereocenters. The lowest BCUT2D eigenvalue weighted by atomic mass is 10.0. The number of likely N-dealkylation sites (tertiary alicyclic amines) is 1. The minimum absolute atomic E-state index is 0. The zero-order valence-electron chi connectivity index (χ0n) is 12.4. The monoisotopic (exact) mass is 375 g/mol. The van der Waals surface area contributed by atoms with Crippen LogP contribution in [0.3, 0.4) is 0 Å². The van der Waals surface area contributed by atoms with E-state index in [-0.39, 0.29) is 24.4 Å². The Hall–Kier alpha value is -0.620. The molecular weight excluding hydrogens is 354 g/mol. The van der Waals surface area contributed by atoms with Gasteiger partial charge in [0.25, 0.3) is 0 Å². The fourth-order valence-corrected chi connectivity index (χ4v) is 2.80. The number of nitrogens with zero attached hydrogens (tertiary/aromatic N) is 1. The third-order valence-electron chi connectivity index (χ3n) is 3.90. The summed E-state index contributed by atoms with van der Waals surface area (Å²) in [5, 5.41) is 6.28. The summed E-state index contributed by atoms with van der Waals surface area (Å²) >= 11 is 3.39. The predicted octanol–water partition coefficient (Wildman–Crippen LogP) is 2.88. The normalized spacial score (nSPS) is 20.4. The van der Waals surface area contributed by atoms with E-state index in [2.05, 4.69) is 31.5 Å². The van der Waals surface area contributed by atoms with Crippen molar-refractivity contribution in [2.45, 2.75) is 31.8 Å². The molecule has 21 heavy (non-hydrogen) atoms. The van der Waals surface area contributed by atoms with Gasteiger partial charge in [-0.25, -0.2) is 0 Å². The zero-order chi connectivity index (χ0) is 14.5. The van der Waals surface area contributed by atoms with E-state index in [1.54, 1.807) is 0 Å². The standard InChI is InChI=1S/C15H22BrN3O.ClH/c1-11(19-9-3-4-14(10-19)17-2)15(20)18-13-7-5-12(16)6-8-13;/h5-8,11,14,17H,3-4,9-10H2,1-2H3,(H,18,20);1H. The first-order valence-corrected chi connectivity index (χ1v) is 7.87. The van der Waals surface area contributed by atoms with Crippen molar-refractivity contribution in [1.29, 1.82) is 0 Å². The molecule has 1 aliphatic heterocycles. The number of rotatable bonds is 4. The summed E-state index contributed by atoms with van der Waals surface area (Å²) in [4.78, 5) is 14.6. The second-order valence-corrected chi connectivity index (χ2v) is 6.21. The van der Waals surface area contributed by atoms with E-state index in [9.17, 15) is 4.79 Å². The number of hydrogen-bond acceptors (Lipinski definition) is 3. The van der Waals surface area contributed by atoms with Crippen molar-refractivity contribution in [2.75, 3.05) is 25.5 Å². The molecule has 0 bridgehead atoms. The van der Waals surface area contributed by atoms with Gasteiger partial charge in [-0.2, -0.15) is 0 Å². The fourth-order valence-electron chi connectivity index (χ4n) is 2.54. The van der Waals surface area contributed by atoms with Crippen LogP contribution >= 0.6 is 28.3 Å². The summed E-state index contributed by atoms with van der Waals surface area (Å²) in [5.41, 5.74) is 0.840. The first kappa shape index (κ1) is 18.4. The van der Waals surface area contributed by atoms with Crippen molar-refractivity contribution in [3.8, 4) is 0 Å². The highest BCUT2D eigenvalue weighted by molar-refractivity contribution is 9.10. The summed E-state index contributed by atoms with van der Waals surface area (Å²) in [7, 11) is 1.99. The van der Waals surface area contributed by atoms with E-state index in [4.69, 9.17) is 0 Å². The Morgan fingerprint density at radius 1 is 1.38 bits per heavy atom. The number of carbonyl (C=O) groups is 1. The molecule has 0 aromatic heterocycles. The van der Waals surface area contributed by atoms with Gasteiger partial charge in [0, 0.05) is 22.7 Å². The number of benzene rings is 1. The van der Waals surface area contributed by atoms with Gasteiger partial charge in [0.2, 0.25) is 5.91 Å². The Kier molecular flexibility index (Phi) is 7.66. The molecule has 0 spiro atoms. The van der Waals surface area contributed by atoms with E-state index >= 15 is 0 Å². The smallest absolute Gasteiger partial charge is 0.241 e. The minimum Gasteiger partial charge on any atom is -0.325 e. The average Bonchev–Trinajstić information content (AvgIpc) is 2.48. The van der Waals surface area contributed by atoms with E-state index < -0.39 is 0 Å². The fraction of sp³-hybridized carbons (Fsp3) is 0.533. The Labute approximate surface area is 141 Å². The second-order valence-electron chi connectivity index (χ2n) is 5.29. The van der Waals surface area contributed by atoms with E-state index in [0.29, 0.717) is 6.04 Å². The number of anilines is 1. The number of likely N-dealkylation sites (N-methyl/N-ethyl adjacent to an activating group) is 1. The van der Waals surface area contributed by atoms with Gasteiger partial charge in [0.15, 0.2) is 0 Å². The van der Waals surface area contributed by atoms with Crippen LogP contribution in [0, 0.1) is 0 Å². The Morgan fingerprint density at radius 2 is 2.05 bits per heavy atom. The lowest BCUT2D eigenvalue weighted by Crippen LogP contribution is -2.51. The van der Waals surface area contributed by atoms with Crippen LogP contribution in [0.1, 0.15) is 19.8 Å². The van der Waals surface area contributed by atoms with E-state index in [1.807, 2.05) is 38.2 Å². The number of piperidine rings is 1. The van der Waals surface area contributed by atoms with Gasteiger partial charge >= 0.3 is 0 Å². The molecule has 2 N–H and O–H groups in total. The maximum atomic E-state index is 12.3. The molecule has 2 rings (SSSR count). The molecule has 4 nitrogen and oxygen atoms in total. The van der Waals surface area contributed by atoms with Crippen LogP contribution in [0.4, 0.5) is 5.69 Å². The predicted molar refractivity (Wildman–Crippen MR) is 93.1 cm³/mol. The highest BCUT2D eigenvalue weighted by Crippen LogP contribution is 2.17. The lowest BCUT2D eigenvalue weighted by molar-refractivity contribution is -0.121.